The molecule has 0 aliphatic carbocycles. The van der Waals surface area contributed by atoms with Crippen LogP contribution in [0.2, 0.25) is 0 Å². The summed E-state index contributed by atoms with van der Waals surface area (Å²) in [4.78, 5) is 2.49. The third-order valence-corrected chi connectivity index (χ3v) is 2.54. The minimum atomic E-state index is 0.741. The second kappa shape index (κ2) is 5.51. The van der Waals surface area contributed by atoms with Crippen LogP contribution < -0.4 is 5.32 Å². The largest absolute Gasteiger partial charge is 0.383 e. The lowest BCUT2D eigenvalue weighted by molar-refractivity contribution is 0.129. The van der Waals surface area contributed by atoms with Crippen molar-refractivity contribution >= 4 is 0 Å². The average molecular weight is 172 g/mol. The molecule has 0 bridgehead atoms. The number of nitrogens with one attached hydrogen (secondary N) is 1. The number of ether oxygens (including phenoxy) is 1. The lowest BCUT2D eigenvalue weighted by Gasteiger charge is -2.26. The summed E-state index contributed by atoms with van der Waals surface area (Å²) in [5, 5.41) is 3.38. The third kappa shape index (κ3) is 2.73. The number of methoxy groups -OCH3 is 1. The van der Waals surface area contributed by atoms with E-state index < -0.39 is 0 Å². The van der Waals surface area contributed by atoms with E-state index >= 15 is 0 Å². The topological polar surface area (TPSA) is 24.5 Å². The van der Waals surface area contributed by atoms with Crippen molar-refractivity contribution in [1.82, 2.24) is 10.2 Å². The molecule has 0 aromatic rings. The first-order chi connectivity index (χ1) is 5.88. The minimum absolute atomic E-state index is 0.741. The molecule has 0 amide bonds. The first kappa shape index (κ1) is 9.96. The predicted molar refractivity (Wildman–Crippen MR) is 50.4 cm³/mol. The quantitative estimate of drug-likeness (QED) is 0.646. The molecule has 1 heterocycles. The zero-order valence-electron chi connectivity index (χ0n) is 8.18. The van der Waals surface area contributed by atoms with Gasteiger partial charge in [0.1, 0.15) is 0 Å². The molecular formula is C9H20N2O. The summed E-state index contributed by atoms with van der Waals surface area (Å²) in [6, 6.07) is 0.741. The van der Waals surface area contributed by atoms with Crippen molar-refractivity contribution in [3.8, 4) is 0 Å². The highest BCUT2D eigenvalue weighted by Crippen LogP contribution is 2.07. The molecule has 0 radical (unpaired) electrons. The van der Waals surface area contributed by atoms with Crippen LogP contribution in [0.5, 0.6) is 0 Å². The van der Waals surface area contributed by atoms with Crippen molar-refractivity contribution in [3.63, 3.8) is 0 Å². The molecule has 0 saturated carbocycles. The fourth-order valence-electron chi connectivity index (χ4n) is 1.76. The van der Waals surface area contributed by atoms with Gasteiger partial charge in [0, 0.05) is 26.2 Å². The smallest absolute Gasteiger partial charge is 0.0589 e. The highest BCUT2D eigenvalue weighted by molar-refractivity contribution is 4.79. The van der Waals surface area contributed by atoms with E-state index in [1.807, 2.05) is 0 Å². The molecule has 0 aromatic carbocycles. The number of hydrogen-bond acceptors (Lipinski definition) is 3. The van der Waals surface area contributed by atoms with Crippen LogP contribution in [0.25, 0.3) is 0 Å². The minimum Gasteiger partial charge on any atom is -0.383 e. The zero-order chi connectivity index (χ0) is 8.81. The van der Waals surface area contributed by atoms with E-state index in [-0.39, 0.29) is 0 Å². The van der Waals surface area contributed by atoms with Gasteiger partial charge in [0.25, 0.3) is 0 Å². The van der Waals surface area contributed by atoms with Crippen LogP contribution in [0.3, 0.4) is 0 Å². The highest BCUT2D eigenvalue weighted by Gasteiger charge is 2.19. The van der Waals surface area contributed by atoms with E-state index in [9.17, 15) is 0 Å². The van der Waals surface area contributed by atoms with Gasteiger partial charge in [0.2, 0.25) is 0 Å². The van der Waals surface area contributed by atoms with Gasteiger partial charge in [-0.25, -0.2) is 0 Å². The van der Waals surface area contributed by atoms with Crippen LogP contribution in [0.4, 0.5) is 0 Å². The van der Waals surface area contributed by atoms with Gasteiger partial charge < -0.3 is 10.1 Å². The fourth-order valence-corrected chi connectivity index (χ4v) is 1.76. The van der Waals surface area contributed by atoms with Gasteiger partial charge in [0.05, 0.1) is 6.61 Å². The lowest BCUT2D eigenvalue weighted by Crippen LogP contribution is -2.38. The molecule has 1 saturated heterocycles. The van der Waals surface area contributed by atoms with Crippen molar-refractivity contribution < 1.29 is 4.74 Å². The number of rotatable bonds is 5. The maximum atomic E-state index is 5.07. The first-order valence-electron chi connectivity index (χ1n) is 4.82. The molecule has 1 aliphatic rings. The van der Waals surface area contributed by atoms with E-state index in [1.165, 1.54) is 13.0 Å². The van der Waals surface area contributed by atoms with Crippen LogP contribution in [-0.2, 0) is 4.74 Å². The Hall–Kier alpha value is -0.120. The van der Waals surface area contributed by atoms with Gasteiger partial charge in [-0.1, -0.05) is 6.92 Å². The molecule has 1 rings (SSSR count). The summed E-state index contributed by atoms with van der Waals surface area (Å²) in [6.07, 6.45) is 1.29. The maximum Gasteiger partial charge on any atom is 0.0589 e. The third-order valence-electron chi connectivity index (χ3n) is 2.54. The summed E-state index contributed by atoms with van der Waals surface area (Å²) in [5.74, 6) is 0. The van der Waals surface area contributed by atoms with Crippen molar-refractivity contribution in [1.29, 1.82) is 0 Å². The number of hydrogen-bond donors (Lipinski definition) is 1. The van der Waals surface area contributed by atoms with Crippen LogP contribution in [0.15, 0.2) is 0 Å². The lowest BCUT2D eigenvalue weighted by atomic mass is 10.2. The molecule has 1 unspecified atom stereocenters. The van der Waals surface area contributed by atoms with E-state index in [2.05, 4.69) is 17.1 Å². The van der Waals surface area contributed by atoms with E-state index in [4.69, 9.17) is 4.74 Å². The number of likely N-dealkylation sites (N-methyl/N-ethyl adjacent to an activating group) is 1. The molecule has 1 N–H and O–H groups in total. The summed E-state index contributed by atoms with van der Waals surface area (Å²) in [6.45, 7) is 7.60. The van der Waals surface area contributed by atoms with E-state index in [1.54, 1.807) is 7.11 Å². The Balaban J connectivity index is 2.22. The molecule has 1 atom stereocenters. The second-order valence-electron chi connectivity index (χ2n) is 3.27. The predicted octanol–water partition coefficient (Wildman–Crippen LogP) is 0.317. The summed E-state index contributed by atoms with van der Waals surface area (Å²) >= 11 is 0. The van der Waals surface area contributed by atoms with E-state index in [0.717, 1.165) is 32.3 Å². The Kier molecular flexibility index (Phi) is 4.58. The van der Waals surface area contributed by atoms with Gasteiger partial charge in [-0.2, -0.15) is 0 Å². The molecule has 3 heteroatoms. The Bertz CT molecular complexity index is 113. The van der Waals surface area contributed by atoms with Crippen LogP contribution in [-0.4, -0.2) is 50.8 Å². The standard InChI is InChI=1S/C9H20N2O/c1-3-11(6-7-12-2)9-4-5-10-8-9/h9-10H,3-8H2,1-2H3. The molecule has 0 aromatic heterocycles. The number of nitrogens with zero attached hydrogens (tertiary/aromatic N) is 1. The van der Waals surface area contributed by atoms with Gasteiger partial charge in [-0.3, -0.25) is 4.90 Å². The first-order valence-corrected chi connectivity index (χ1v) is 4.82. The van der Waals surface area contributed by atoms with Crippen molar-refractivity contribution in [2.75, 3.05) is 39.9 Å². The summed E-state index contributed by atoms with van der Waals surface area (Å²) < 4.78 is 5.07. The Labute approximate surface area is 75.1 Å². The zero-order valence-corrected chi connectivity index (χ0v) is 8.18. The van der Waals surface area contributed by atoms with Gasteiger partial charge in [0.15, 0.2) is 0 Å². The highest BCUT2D eigenvalue weighted by atomic mass is 16.5. The molecular weight excluding hydrogens is 152 g/mol. The van der Waals surface area contributed by atoms with E-state index in [0.29, 0.717) is 0 Å². The van der Waals surface area contributed by atoms with Crippen molar-refractivity contribution in [2.45, 2.75) is 19.4 Å². The summed E-state index contributed by atoms with van der Waals surface area (Å²) in [5.41, 5.74) is 0. The molecule has 0 spiro atoms. The van der Waals surface area contributed by atoms with Gasteiger partial charge in [-0.05, 0) is 19.5 Å². The average Bonchev–Trinajstić information content (AvgIpc) is 2.59. The van der Waals surface area contributed by atoms with Gasteiger partial charge >= 0.3 is 0 Å². The Morgan fingerprint density at radius 3 is 2.92 bits per heavy atom. The molecule has 12 heavy (non-hydrogen) atoms. The Morgan fingerprint density at radius 2 is 2.42 bits per heavy atom. The summed E-state index contributed by atoms with van der Waals surface area (Å²) in [7, 11) is 1.76. The fraction of sp³-hybridized carbons (Fsp3) is 1.00. The monoisotopic (exact) mass is 172 g/mol. The maximum absolute atomic E-state index is 5.07. The Morgan fingerprint density at radius 1 is 1.58 bits per heavy atom. The normalized spacial score (nSPS) is 23.8. The molecule has 1 fully saturated rings. The molecule has 72 valence electrons. The molecule has 3 nitrogen and oxygen atoms in total. The van der Waals surface area contributed by atoms with Crippen molar-refractivity contribution in [2.24, 2.45) is 0 Å². The second-order valence-corrected chi connectivity index (χ2v) is 3.27. The van der Waals surface area contributed by atoms with Crippen LogP contribution in [0.1, 0.15) is 13.3 Å². The molecule has 1 aliphatic heterocycles. The van der Waals surface area contributed by atoms with Crippen molar-refractivity contribution in [3.05, 3.63) is 0 Å². The SMILES string of the molecule is CCN(CCOC)C1CCNC1. The van der Waals surface area contributed by atoms with Crippen LogP contribution in [0, 0.1) is 0 Å². The van der Waals surface area contributed by atoms with Crippen LogP contribution >= 0.6 is 0 Å². The van der Waals surface area contributed by atoms with Gasteiger partial charge in [-0.15, -0.1) is 0 Å².